The molecule has 0 aliphatic rings. The second kappa shape index (κ2) is 15.8. The molecule has 2 N–H and O–H groups in total. The predicted molar refractivity (Wildman–Crippen MR) is 202 cm³/mol. The van der Waals surface area contributed by atoms with E-state index in [9.17, 15) is 18.0 Å². The zero-order chi connectivity index (χ0) is 36.0. The second-order valence-corrected chi connectivity index (χ2v) is 14.4. The molecule has 1 heterocycles. The Morgan fingerprint density at radius 2 is 1.51 bits per heavy atom. The van der Waals surface area contributed by atoms with Crippen molar-refractivity contribution >= 4 is 44.8 Å². The van der Waals surface area contributed by atoms with Gasteiger partial charge in [0.15, 0.2) is 0 Å². The van der Waals surface area contributed by atoms with Gasteiger partial charge in [0.05, 0.1) is 32.7 Å². The van der Waals surface area contributed by atoms with E-state index in [4.69, 9.17) is 28.3 Å². The van der Waals surface area contributed by atoms with E-state index in [1.807, 2.05) is 54.6 Å². The fraction of sp³-hybridized carbons (Fsp3) is 0.154. The van der Waals surface area contributed by atoms with Crippen LogP contribution in [0.1, 0.15) is 47.1 Å². The number of benzene rings is 5. The smallest absolute Gasteiger partial charge is 0.351 e. The summed E-state index contributed by atoms with van der Waals surface area (Å²) in [5.41, 5.74) is 3.97. The lowest BCUT2D eigenvalue weighted by Crippen LogP contribution is -2.31. The summed E-state index contributed by atoms with van der Waals surface area (Å²) < 4.78 is 32.0. The zero-order valence-electron chi connectivity index (χ0n) is 27.7. The maximum Gasteiger partial charge on any atom is 0.351 e. The minimum absolute atomic E-state index is 0.0520. The van der Waals surface area contributed by atoms with Gasteiger partial charge in [-0.15, -0.1) is 5.10 Å². The fourth-order valence-corrected chi connectivity index (χ4v) is 7.26. The number of aryl methyl sites for hydroxylation is 1. The van der Waals surface area contributed by atoms with E-state index >= 15 is 0 Å². The van der Waals surface area contributed by atoms with Crippen LogP contribution in [0.4, 0.5) is 5.69 Å². The Labute approximate surface area is 306 Å². The van der Waals surface area contributed by atoms with Crippen LogP contribution in [-0.4, -0.2) is 28.7 Å². The first-order valence-electron chi connectivity index (χ1n) is 16.4. The average Bonchev–Trinajstić information content (AvgIpc) is 3.44. The number of hydrogen-bond acceptors (Lipinski definition) is 6. The predicted octanol–water partition coefficient (Wildman–Crippen LogP) is 8.13. The summed E-state index contributed by atoms with van der Waals surface area (Å²) >= 11 is 12.7. The summed E-state index contributed by atoms with van der Waals surface area (Å²) in [7, 11) is -4.26. The minimum Gasteiger partial charge on any atom is -0.381 e. The van der Waals surface area contributed by atoms with Gasteiger partial charge < -0.3 is 5.32 Å². The molecule has 12 heteroatoms. The van der Waals surface area contributed by atoms with Gasteiger partial charge >= 0.3 is 5.69 Å². The molecule has 260 valence electrons. The van der Waals surface area contributed by atoms with Crippen LogP contribution in [-0.2, 0) is 29.5 Å². The van der Waals surface area contributed by atoms with Crippen molar-refractivity contribution in [2.45, 2.75) is 44.2 Å². The molecule has 0 aliphatic carbocycles. The van der Waals surface area contributed by atoms with Crippen molar-refractivity contribution in [2.75, 3.05) is 5.32 Å². The highest BCUT2D eigenvalue weighted by molar-refractivity contribution is 7.90. The Morgan fingerprint density at radius 1 is 0.804 bits per heavy atom. The van der Waals surface area contributed by atoms with Gasteiger partial charge in [0.1, 0.15) is 5.82 Å². The summed E-state index contributed by atoms with van der Waals surface area (Å²) in [6.07, 6.45) is 2.38. The molecule has 0 spiro atoms. The maximum absolute atomic E-state index is 13.9. The van der Waals surface area contributed by atoms with Crippen molar-refractivity contribution in [3.8, 4) is 16.8 Å². The van der Waals surface area contributed by atoms with Crippen LogP contribution in [0.2, 0.25) is 10.0 Å². The number of unbranched alkanes of at least 4 members (excludes halogenated alkanes) is 1. The van der Waals surface area contributed by atoms with Gasteiger partial charge in [-0.25, -0.2) is 17.9 Å². The number of hydrogen-bond donors (Lipinski definition) is 2. The van der Waals surface area contributed by atoms with Gasteiger partial charge in [0.2, 0.25) is 0 Å². The molecule has 0 saturated carbocycles. The van der Waals surface area contributed by atoms with Crippen LogP contribution < -0.4 is 15.7 Å². The normalized spacial score (nSPS) is 11.4. The molecule has 0 aliphatic heterocycles. The van der Waals surface area contributed by atoms with Gasteiger partial charge in [-0.05, 0) is 59.5 Å². The molecule has 0 unspecified atom stereocenters. The van der Waals surface area contributed by atoms with Gasteiger partial charge in [-0.3, -0.25) is 9.36 Å². The van der Waals surface area contributed by atoms with Gasteiger partial charge in [0, 0.05) is 24.2 Å². The molecule has 0 fully saturated rings. The van der Waals surface area contributed by atoms with Crippen LogP contribution in [0.25, 0.3) is 16.8 Å². The third kappa shape index (κ3) is 8.26. The van der Waals surface area contributed by atoms with E-state index < -0.39 is 15.9 Å². The van der Waals surface area contributed by atoms with Crippen molar-refractivity contribution < 1.29 is 13.2 Å². The van der Waals surface area contributed by atoms with Crippen molar-refractivity contribution in [2.24, 2.45) is 0 Å². The quantitative estimate of drug-likeness (QED) is 0.124. The number of carbonyl (C=O) groups excluding carboxylic acids is 1. The lowest BCUT2D eigenvalue weighted by molar-refractivity contribution is 0.0981. The monoisotopic (exact) mass is 739 g/mol. The zero-order valence-corrected chi connectivity index (χ0v) is 30.0. The highest BCUT2D eigenvalue weighted by Gasteiger charge is 2.24. The molecule has 51 heavy (non-hydrogen) atoms. The Bertz CT molecular complexity index is 2340. The van der Waals surface area contributed by atoms with Crippen LogP contribution in [0, 0.1) is 0 Å². The van der Waals surface area contributed by atoms with Crippen LogP contribution >= 0.6 is 23.2 Å². The van der Waals surface area contributed by atoms with Crippen molar-refractivity contribution in [1.29, 1.82) is 0 Å². The number of nitrogens with zero attached hydrogens (tertiary/aromatic N) is 3. The summed E-state index contributed by atoms with van der Waals surface area (Å²) in [6, 6.07) is 35.4. The lowest BCUT2D eigenvalue weighted by Gasteiger charge is -2.13. The molecular formula is C39H35Cl2N5O4S. The molecule has 0 bridgehead atoms. The summed E-state index contributed by atoms with van der Waals surface area (Å²) in [6.45, 7) is 2.93. The summed E-state index contributed by atoms with van der Waals surface area (Å²) in [5, 5.41) is 8.67. The first-order valence-corrected chi connectivity index (χ1v) is 18.6. The largest absolute Gasteiger partial charge is 0.381 e. The SMILES string of the molecule is CCCCc1nn(-c2cc(NCc3ccccc3)ccc2Cl)c(=O)n1Cc1ccc(-c2ccccc2S(=O)(=O)NC(=O)c2ccccc2Cl)cc1. The number of nitrogens with one attached hydrogen (secondary N) is 2. The van der Waals surface area contributed by atoms with E-state index in [1.165, 1.54) is 22.9 Å². The Kier molecular flexibility index (Phi) is 11.1. The number of amides is 1. The third-order valence-corrected chi connectivity index (χ3v) is 10.4. The maximum atomic E-state index is 13.9. The highest BCUT2D eigenvalue weighted by atomic mass is 35.5. The van der Waals surface area contributed by atoms with Crippen LogP contribution in [0.15, 0.2) is 131 Å². The topological polar surface area (TPSA) is 115 Å². The molecule has 6 aromatic rings. The molecule has 0 radical (unpaired) electrons. The molecular weight excluding hydrogens is 705 g/mol. The van der Waals surface area contributed by atoms with Gasteiger partial charge in [-0.2, -0.15) is 4.68 Å². The molecule has 1 aromatic heterocycles. The Balaban J connectivity index is 1.26. The number of anilines is 1. The van der Waals surface area contributed by atoms with Crippen molar-refractivity contribution in [1.82, 2.24) is 19.1 Å². The third-order valence-electron chi connectivity index (χ3n) is 8.33. The highest BCUT2D eigenvalue weighted by Crippen LogP contribution is 2.29. The van der Waals surface area contributed by atoms with Crippen molar-refractivity contribution in [3.05, 3.63) is 164 Å². The molecule has 0 atom stereocenters. The van der Waals surface area contributed by atoms with E-state index in [1.54, 1.807) is 53.1 Å². The first-order chi connectivity index (χ1) is 24.6. The average molecular weight is 741 g/mol. The Morgan fingerprint density at radius 3 is 2.25 bits per heavy atom. The second-order valence-electron chi connectivity index (χ2n) is 11.9. The van der Waals surface area contributed by atoms with Crippen LogP contribution in [0.5, 0.6) is 0 Å². The van der Waals surface area contributed by atoms with E-state index in [0.717, 1.165) is 29.7 Å². The number of sulfonamides is 1. The van der Waals surface area contributed by atoms with E-state index in [2.05, 4.69) is 17.0 Å². The standard InChI is InChI=1S/C39H35Cl2N5O4S/c1-2-3-17-37-43-46(35-24-30(22-23-34(35)41)42-25-27-11-5-4-6-12-27)39(48)45(37)26-28-18-20-29(21-19-28)31-13-8-10-16-36(31)51(49,50)44-38(47)32-14-7-9-15-33(32)40/h4-16,18-24,42H,2-3,17,25-26H2,1H3,(H,44,47). The van der Waals surface area contributed by atoms with Gasteiger partial charge in [-0.1, -0.05) is 121 Å². The van der Waals surface area contributed by atoms with E-state index in [-0.39, 0.29) is 27.7 Å². The number of aromatic nitrogens is 3. The summed E-state index contributed by atoms with van der Waals surface area (Å²) in [5.74, 6) is -0.192. The number of halogens is 2. The molecule has 9 nitrogen and oxygen atoms in total. The lowest BCUT2D eigenvalue weighted by atomic mass is 10.0. The fourth-order valence-electron chi connectivity index (χ4n) is 5.65. The van der Waals surface area contributed by atoms with Crippen LogP contribution in [0.3, 0.4) is 0 Å². The minimum atomic E-state index is -4.26. The van der Waals surface area contributed by atoms with Gasteiger partial charge in [0.25, 0.3) is 15.9 Å². The summed E-state index contributed by atoms with van der Waals surface area (Å²) in [4.78, 5) is 26.7. The molecule has 0 saturated heterocycles. The molecule has 1 amide bonds. The Hall–Kier alpha value is -5.16. The first kappa shape index (κ1) is 35.7. The number of rotatable bonds is 13. The molecule has 5 aromatic carbocycles. The molecule has 6 rings (SSSR count). The van der Waals surface area contributed by atoms with Crippen molar-refractivity contribution in [3.63, 3.8) is 0 Å². The van der Waals surface area contributed by atoms with E-state index in [0.29, 0.717) is 40.6 Å². The number of carbonyl (C=O) groups is 1.